The lowest BCUT2D eigenvalue weighted by molar-refractivity contribution is -0.145. The van der Waals surface area contributed by atoms with Gasteiger partial charge in [-0.3, -0.25) is 9.69 Å². The minimum atomic E-state index is -0.153. The van der Waals surface area contributed by atoms with E-state index in [1.165, 1.54) is 12.8 Å². The van der Waals surface area contributed by atoms with Crippen LogP contribution in [0.2, 0.25) is 0 Å². The largest absolute Gasteiger partial charge is 0.466 e. The summed E-state index contributed by atoms with van der Waals surface area (Å²) in [6.45, 7) is 8.37. The number of hydrogen-bond acceptors (Lipinski definition) is 5. The quantitative estimate of drug-likeness (QED) is 0.730. The minimum Gasteiger partial charge on any atom is -0.466 e. The van der Waals surface area contributed by atoms with E-state index in [-0.39, 0.29) is 18.0 Å². The third kappa shape index (κ3) is 2.59. The molecule has 4 unspecified atom stereocenters. The predicted octanol–water partition coefficient (Wildman–Crippen LogP) is 1.59. The molecule has 0 radical (unpaired) electrons. The molecule has 24 heavy (non-hydrogen) atoms. The van der Waals surface area contributed by atoms with E-state index in [1.807, 2.05) is 18.7 Å². The third-order valence-electron chi connectivity index (χ3n) is 6.51. The average molecular weight is 336 g/mol. The van der Waals surface area contributed by atoms with Gasteiger partial charge in [0.05, 0.1) is 19.1 Å². The lowest BCUT2D eigenvalue weighted by Crippen LogP contribution is -2.54. The van der Waals surface area contributed by atoms with Gasteiger partial charge in [0, 0.05) is 32.2 Å². The number of carbonyl (C=O) groups is 2. The van der Waals surface area contributed by atoms with Crippen molar-refractivity contribution in [1.82, 2.24) is 9.80 Å². The summed E-state index contributed by atoms with van der Waals surface area (Å²) in [5.41, 5.74) is 0. The molecule has 4 atom stereocenters. The van der Waals surface area contributed by atoms with Crippen LogP contribution in [0.1, 0.15) is 26.7 Å². The van der Waals surface area contributed by atoms with Crippen LogP contribution >= 0.6 is 0 Å². The normalized spacial score (nSPS) is 40.3. The Labute approximate surface area is 143 Å². The van der Waals surface area contributed by atoms with Crippen LogP contribution in [0.15, 0.2) is 0 Å². The van der Waals surface area contributed by atoms with Gasteiger partial charge in [0.15, 0.2) is 0 Å². The van der Waals surface area contributed by atoms with Crippen LogP contribution in [0.25, 0.3) is 0 Å². The molecular weight excluding hydrogens is 308 g/mol. The molecule has 0 aromatic heterocycles. The molecule has 0 aromatic carbocycles. The molecule has 2 aliphatic heterocycles. The molecule has 2 heterocycles. The Balaban J connectivity index is 1.34. The maximum atomic E-state index is 12.0. The van der Waals surface area contributed by atoms with E-state index in [9.17, 15) is 9.59 Å². The van der Waals surface area contributed by atoms with Crippen molar-refractivity contribution in [1.29, 1.82) is 0 Å². The number of esters is 1. The van der Waals surface area contributed by atoms with Crippen molar-refractivity contribution >= 4 is 12.1 Å². The van der Waals surface area contributed by atoms with Crippen LogP contribution in [0, 0.1) is 29.6 Å². The number of hydrogen-bond donors (Lipinski definition) is 0. The van der Waals surface area contributed by atoms with Gasteiger partial charge in [0.25, 0.3) is 0 Å². The van der Waals surface area contributed by atoms with Crippen molar-refractivity contribution in [3.05, 3.63) is 0 Å². The van der Waals surface area contributed by atoms with Gasteiger partial charge in [-0.25, -0.2) is 4.79 Å². The van der Waals surface area contributed by atoms with Crippen LogP contribution in [0.4, 0.5) is 4.79 Å². The molecule has 1 amide bonds. The zero-order valence-electron chi connectivity index (χ0n) is 14.6. The minimum absolute atomic E-state index is 0.00672. The monoisotopic (exact) mass is 336 g/mol. The molecule has 4 rings (SSSR count). The number of rotatable bonds is 4. The summed E-state index contributed by atoms with van der Waals surface area (Å²) >= 11 is 0. The van der Waals surface area contributed by atoms with E-state index in [1.54, 1.807) is 0 Å². The van der Waals surface area contributed by atoms with Crippen molar-refractivity contribution in [3.63, 3.8) is 0 Å². The van der Waals surface area contributed by atoms with Gasteiger partial charge in [-0.15, -0.1) is 0 Å². The first kappa shape index (κ1) is 16.2. The molecule has 2 saturated heterocycles. The summed E-state index contributed by atoms with van der Waals surface area (Å²) in [4.78, 5) is 28.5. The summed E-state index contributed by atoms with van der Waals surface area (Å²) in [5, 5.41) is 0. The fourth-order valence-electron chi connectivity index (χ4n) is 5.54. The SMILES string of the molecule is CCOC(=O)C1C2CN(C3C4CCC3CN(C(=O)OCC)C4)CC21. The van der Waals surface area contributed by atoms with Gasteiger partial charge in [-0.1, -0.05) is 0 Å². The van der Waals surface area contributed by atoms with Crippen LogP contribution < -0.4 is 0 Å². The number of piperidine rings is 2. The van der Waals surface area contributed by atoms with Crippen molar-refractivity contribution in [2.75, 3.05) is 39.4 Å². The van der Waals surface area contributed by atoms with Crippen LogP contribution in [0.5, 0.6) is 0 Å². The number of amides is 1. The van der Waals surface area contributed by atoms with E-state index >= 15 is 0 Å². The Bertz CT molecular complexity index is 499. The Hall–Kier alpha value is -1.30. The van der Waals surface area contributed by atoms with Gasteiger partial charge < -0.3 is 14.4 Å². The van der Waals surface area contributed by atoms with Crippen molar-refractivity contribution in [2.24, 2.45) is 29.6 Å². The standard InChI is InChI=1S/C18H28N2O4/c1-3-23-17(21)15-13-9-19(10-14(13)15)16-11-5-6-12(16)8-20(7-11)18(22)24-4-2/h11-16H,3-10H2,1-2H3. The lowest BCUT2D eigenvalue weighted by Gasteiger charge is -2.42. The first-order valence-electron chi connectivity index (χ1n) is 9.46. The summed E-state index contributed by atoms with van der Waals surface area (Å²) in [6, 6.07) is 0.589. The first-order valence-corrected chi connectivity index (χ1v) is 9.46. The van der Waals surface area contributed by atoms with Crippen molar-refractivity contribution in [3.8, 4) is 0 Å². The average Bonchev–Trinajstić information content (AvgIpc) is 2.94. The van der Waals surface area contributed by atoms with E-state index in [4.69, 9.17) is 9.47 Å². The second-order valence-corrected chi connectivity index (χ2v) is 7.75. The second kappa shape index (κ2) is 6.21. The molecule has 6 nitrogen and oxygen atoms in total. The summed E-state index contributed by atoms with van der Waals surface area (Å²) in [5.74, 6) is 2.29. The fourth-order valence-corrected chi connectivity index (χ4v) is 5.54. The molecule has 2 bridgehead atoms. The molecule has 2 aliphatic carbocycles. The predicted molar refractivity (Wildman–Crippen MR) is 87.3 cm³/mol. The summed E-state index contributed by atoms with van der Waals surface area (Å²) < 4.78 is 10.4. The van der Waals surface area contributed by atoms with E-state index < -0.39 is 0 Å². The molecule has 0 aromatic rings. The van der Waals surface area contributed by atoms with Crippen LogP contribution in [-0.4, -0.2) is 67.3 Å². The highest BCUT2D eigenvalue weighted by molar-refractivity contribution is 5.77. The van der Waals surface area contributed by atoms with E-state index in [0.29, 0.717) is 42.9 Å². The third-order valence-corrected chi connectivity index (χ3v) is 6.51. The van der Waals surface area contributed by atoms with Crippen LogP contribution in [-0.2, 0) is 14.3 Å². The Morgan fingerprint density at radius 3 is 2.04 bits per heavy atom. The van der Waals surface area contributed by atoms with Gasteiger partial charge in [0.2, 0.25) is 0 Å². The maximum absolute atomic E-state index is 12.0. The fraction of sp³-hybridized carbons (Fsp3) is 0.889. The molecule has 134 valence electrons. The number of likely N-dealkylation sites (tertiary alicyclic amines) is 2. The Morgan fingerprint density at radius 1 is 0.917 bits per heavy atom. The van der Waals surface area contributed by atoms with Crippen molar-refractivity contribution in [2.45, 2.75) is 32.7 Å². The highest BCUT2D eigenvalue weighted by atomic mass is 16.6. The second-order valence-electron chi connectivity index (χ2n) is 7.75. The summed E-state index contributed by atoms with van der Waals surface area (Å²) in [6.07, 6.45) is 2.26. The summed E-state index contributed by atoms with van der Waals surface area (Å²) in [7, 11) is 0. The molecule has 0 spiro atoms. The van der Waals surface area contributed by atoms with Gasteiger partial charge in [-0.05, 0) is 50.4 Å². The molecule has 6 heteroatoms. The highest BCUT2D eigenvalue weighted by Gasteiger charge is 2.62. The van der Waals surface area contributed by atoms with E-state index in [0.717, 1.165) is 26.2 Å². The van der Waals surface area contributed by atoms with Gasteiger partial charge in [-0.2, -0.15) is 0 Å². The molecular formula is C18H28N2O4. The smallest absolute Gasteiger partial charge is 0.409 e. The molecule has 2 saturated carbocycles. The number of carbonyl (C=O) groups excluding carboxylic acids is 2. The number of fused-ring (bicyclic) bond motifs is 3. The van der Waals surface area contributed by atoms with Crippen molar-refractivity contribution < 1.29 is 19.1 Å². The zero-order valence-corrected chi connectivity index (χ0v) is 14.6. The Morgan fingerprint density at radius 2 is 1.50 bits per heavy atom. The number of ether oxygens (including phenoxy) is 2. The lowest BCUT2D eigenvalue weighted by atomic mass is 9.90. The maximum Gasteiger partial charge on any atom is 0.409 e. The Kier molecular flexibility index (Phi) is 4.19. The molecule has 4 fully saturated rings. The first-order chi connectivity index (χ1) is 11.6. The van der Waals surface area contributed by atoms with Gasteiger partial charge >= 0.3 is 12.1 Å². The van der Waals surface area contributed by atoms with Gasteiger partial charge in [0.1, 0.15) is 0 Å². The topological polar surface area (TPSA) is 59.1 Å². The number of nitrogens with zero attached hydrogens (tertiary/aromatic N) is 2. The highest BCUT2D eigenvalue weighted by Crippen LogP contribution is 2.55. The van der Waals surface area contributed by atoms with Crippen LogP contribution in [0.3, 0.4) is 0 Å². The molecule has 4 aliphatic rings. The zero-order chi connectivity index (χ0) is 16.8. The van der Waals surface area contributed by atoms with E-state index in [2.05, 4.69) is 4.90 Å². The molecule has 0 N–H and O–H groups in total.